The lowest BCUT2D eigenvalue weighted by Crippen LogP contribution is -2.31. The second-order valence-corrected chi connectivity index (χ2v) is 6.86. The fourth-order valence-electron chi connectivity index (χ4n) is 2.18. The van der Waals surface area contributed by atoms with Crippen LogP contribution in [-0.4, -0.2) is 35.0 Å². The van der Waals surface area contributed by atoms with Crippen molar-refractivity contribution in [2.24, 2.45) is 0 Å². The summed E-state index contributed by atoms with van der Waals surface area (Å²) in [5.74, 6) is 0.805. The number of anilines is 1. The number of hydrogen-bond acceptors (Lipinski definition) is 4. The van der Waals surface area contributed by atoms with Gasteiger partial charge in [0.25, 0.3) is 5.91 Å². The van der Waals surface area contributed by atoms with Gasteiger partial charge in [0.2, 0.25) is 0 Å². The van der Waals surface area contributed by atoms with Gasteiger partial charge in [-0.05, 0) is 44.1 Å². The fraction of sp³-hybridized carbons (Fsp3) is 0.625. The van der Waals surface area contributed by atoms with Crippen molar-refractivity contribution in [3.05, 3.63) is 23.4 Å². The Labute approximate surface area is 131 Å². The quantitative estimate of drug-likeness (QED) is 0.775. The number of nitrogens with one attached hydrogen (secondary N) is 2. The number of rotatable bonds is 8. The number of amides is 1. The van der Waals surface area contributed by atoms with Crippen LogP contribution in [0.4, 0.5) is 5.82 Å². The number of hydrogen-bond donors (Lipinski definition) is 2. The van der Waals surface area contributed by atoms with E-state index < -0.39 is 0 Å². The highest BCUT2D eigenvalue weighted by molar-refractivity contribution is 8.00. The maximum Gasteiger partial charge on any atom is 0.251 e. The second-order valence-electron chi connectivity index (χ2n) is 5.58. The molecule has 1 aliphatic carbocycles. The lowest BCUT2D eigenvalue weighted by molar-refractivity contribution is 0.0953. The molecule has 1 aromatic heterocycles. The zero-order valence-electron chi connectivity index (χ0n) is 13.2. The van der Waals surface area contributed by atoms with Gasteiger partial charge in [0.05, 0.1) is 0 Å². The molecule has 1 amide bonds. The van der Waals surface area contributed by atoms with E-state index in [1.165, 1.54) is 12.8 Å². The van der Waals surface area contributed by atoms with Crippen molar-refractivity contribution in [2.75, 3.05) is 24.7 Å². The van der Waals surface area contributed by atoms with Gasteiger partial charge in [0, 0.05) is 29.1 Å². The molecule has 0 aliphatic heterocycles. The monoisotopic (exact) mass is 307 g/mol. The van der Waals surface area contributed by atoms with Crippen LogP contribution in [0.2, 0.25) is 0 Å². The average Bonchev–Trinajstić information content (AvgIpc) is 3.30. The van der Waals surface area contributed by atoms with Crippen LogP contribution in [0.5, 0.6) is 0 Å². The van der Waals surface area contributed by atoms with E-state index in [1.54, 1.807) is 0 Å². The molecule has 1 fully saturated rings. The first-order chi connectivity index (χ1) is 10.1. The van der Waals surface area contributed by atoms with E-state index in [0.29, 0.717) is 10.3 Å². The zero-order valence-corrected chi connectivity index (χ0v) is 14.0. The van der Waals surface area contributed by atoms with Crippen molar-refractivity contribution in [2.45, 2.75) is 44.3 Å². The number of carbonyl (C=O) groups excluding carboxylic acids is 1. The summed E-state index contributed by atoms with van der Waals surface area (Å²) in [5.41, 5.74) is 1.66. The molecule has 0 aromatic carbocycles. The van der Waals surface area contributed by atoms with Crippen LogP contribution in [-0.2, 0) is 6.42 Å². The summed E-state index contributed by atoms with van der Waals surface area (Å²) in [6, 6.07) is 3.74. The predicted octanol–water partition coefficient (Wildman–Crippen LogP) is 3.09. The van der Waals surface area contributed by atoms with Crippen LogP contribution in [0.1, 0.15) is 49.2 Å². The van der Waals surface area contributed by atoms with Gasteiger partial charge in [-0.1, -0.05) is 13.8 Å². The summed E-state index contributed by atoms with van der Waals surface area (Å²) >= 11 is 1.86. The third-order valence-corrected chi connectivity index (χ3v) is 5.29. The largest absolute Gasteiger partial charge is 0.370 e. The highest BCUT2D eigenvalue weighted by Gasteiger charge is 2.41. The number of aromatic nitrogens is 1. The molecule has 21 heavy (non-hydrogen) atoms. The van der Waals surface area contributed by atoms with Crippen molar-refractivity contribution in [3.8, 4) is 0 Å². The van der Waals surface area contributed by atoms with E-state index in [4.69, 9.17) is 0 Å². The third kappa shape index (κ3) is 4.37. The Balaban J connectivity index is 2.04. The molecule has 2 N–H and O–H groups in total. The second kappa shape index (κ2) is 7.16. The van der Waals surface area contributed by atoms with Gasteiger partial charge in [-0.3, -0.25) is 4.79 Å². The van der Waals surface area contributed by atoms with Gasteiger partial charge in [0.15, 0.2) is 0 Å². The van der Waals surface area contributed by atoms with Crippen LogP contribution in [0.3, 0.4) is 0 Å². The molecule has 0 unspecified atom stereocenters. The lowest BCUT2D eigenvalue weighted by atomic mass is 10.1. The minimum Gasteiger partial charge on any atom is -0.370 e. The Hall–Kier alpha value is -1.23. The molecule has 116 valence electrons. The van der Waals surface area contributed by atoms with Gasteiger partial charge >= 0.3 is 0 Å². The smallest absolute Gasteiger partial charge is 0.251 e. The molecular weight excluding hydrogens is 282 g/mol. The molecule has 1 aromatic rings. The summed E-state index contributed by atoms with van der Waals surface area (Å²) in [7, 11) is 0. The number of aryl methyl sites for hydroxylation is 1. The topological polar surface area (TPSA) is 54.0 Å². The predicted molar refractivity (Wildman–Crippen MR) is 90.2 cm³/mol. The van der Waals surface area contributed by atoms with E-state index >= 15 is 0 Å². The maximum absolute atomic E-state index is 12.4. The molecule has 2 rings (SSSR count). The summed E-state index contributed by atoms with van der Waals surface area (Å²) in [5, 5.41) is 6.34. The molecule has 1 heterocycles. The summed E-state index contributed by atoms with van der Waals surface area (Å²) in [4.78, 5) is 16.9. The summed E-state index contributed by atoms with van der Waals surface area (Å²) in [6.45, 7) is 5.80. The van der Waals surface area contributed by atoms with Gasteiger partial charge in [-0.25, -0.2) is 4.98 Å². The molecule has 0 atom stereocenters. The van der Waals surface area contributed by atoms with Gasteiger partial charge in [0.1, 0.15) is 5.82 Å². The molecule has 1 saturated carbocycles. The van der Waals surface area contributed by atoms with Gasteiger partial charge < -0.3 is 10.6 Å². The van der Waals surface area contributed by atoms with Crippen LogP contribution in [0, 0.1) is 0 Å². The Kier molecular flexibility index (Phi) is 5.51. The Morgan fingerprint density at radius 1 is 1.38 bits per heavy atom. The first kappa shape index (κ1) is 16.1. The lowest BCUT2D eigenvalue weighted by Gasteiger charge is -2.14. The molecular formula is C16H25N3OS. The first-order valence-corrected chi connectivity index (χ1v) is 8.93. The van der Waals surface area contributed by atoms with Gasteiger partial charge in [-0.2, -0.15) is 11.8 Å². The zero-order chi connectivity index (χ0) is 15.3. The SMILES string of the molecule is CCCNc1cc(C(=O)NCC2(SC)CC2)cc(CC)n1. The third-order valence-electron chi connectivity index (χ3n) is 3.87. The van der Waals surface area contributed by atoms with E-state index in [0.717, 1.165) is 37.4 Å². The Morgan fingerprint density at radius 2 is 2.14 bits per heavy atom. The van der Waals surface area contributed by atoms with Crippen molar-refractivity contribution in [1.29, 1.82) is 0 Å². The van der Waals surface area contributed by atoms with E-state index in [2.05, 4.69) is 35.7 Å². The number of nitrogens with zero attached hydrogens (tertiary/aromatic N) is 1. The summed E-state index contributed by atoms with van der Waals surface area (Å²) < 4.78 is 0.291. The normalized spacial score (nSPS) is 15.6. The van der Waals surface area contributed by atoms with Crippen molar-refractivity contribution < 1.29 is 4.79 Å². The number of thioether (sulfide) groups is 1. The van der Waals surface area contributed by atoms with E-state index in [1.807, 2.05) is 23.9 Å². The Bertz CT molecular complexity index is 500. The van der Waals surface area contributed by atoms with E-state index in [-0.39, 0.29) is 5.91 Å². The minimum atomic E-state index is 0.00646. The molecule has 1 aliphatic rings. The maximum atomic E-state index is 12.4. The molecule has 0 bridgehead atoms. The highest BCUT2D eigenvalue weighted by Crippen LogP contribution is 2.46. The molecule has 0 spiro atoms. The molecule has 4 nitrogen and oxygen atoms in total. The van der Waals surface area contributed by atoms with E-state index in [9.17, 15) is 4.79 Å². The standard InChI is InChI=1S/C16H25N3OS/c1-4-8-17-14-10-12(9-13(5-2)19-14)15(20)18-11-16(21-3)6-7-16/h9-10H,4-8,11H2,1-3H3,(H,17,19)(H,18,20). The van der Waals surface area contributed by atoms with Crippen molar-refractivity contribution in [1.82, 2.24) is 10.3 Å². The van der Waals surface area contributed by atoms with Crippen LogP contribution >= 0.6 is 11.8 Å². The number of pyridine rings is 1. The van der Waals surface area contributed by atoms with Gasteiger partial charge in [-0.15, -0.1) is 0 Å². The van der Waals surface area contributed by atoms with Crippen LogP contribution in [0.25, 0.3) is 0 Å². The molecule has 0 saturated heterocycles. The van der Waals surface area contributed by atoms with Crippen molar-refractivity contribution >= 4 is 23.5 Å². The van der Waals surface area contributed by atoms with Crippen LogP contribution < -0.4 is 10.6 Å². The fourth-order valence-corrected chi connectivity index (χ4v) is 2.91. The average molecular weight is 307 g/mol. The first-order valence-electron chi connectivity index (χ1n) is 7.70. The Morgan fingerprint density at radius 3 is 2.71 bits per heavy atom. The molecule has 0 radical (unpaired) electrons. The van der Waals surface area contributed by atoms with Crippen molar-refractivity contribution in [3.63, 3.8) is 0 Å². The molecule has 5 heteroatoms. The minimum absolute atomic E-state index is 0.00646. The summed E-state index contributed by atoms with van der Waals surface area (Å²) in [6.07, 6.45) is 6.39. The number of carbonyl (C=O) groups is 1. The highest BCUT2D eigenvalue weighted by atomic mass is 32.2. The van der Waals surface area contributed by atoms with Crippen LogP contribution in [0.15, 0.2) is 12.1 Å².